The Kier molecular flexibility index (Phi) is 4.48. The van der Waals surface area contributed by atoms with Crippen LogP contribution >= 0.6 is 0 Å². The summed E-state index contributed by atoms with van der Waals surface area (Å²) in [6.45, 7) is 8.26. The van der Waals surface area contributed by atoms with Gasteiger partial charge in [0.25, 0.3) is 0 Å². The summed E-state index contributed by atoms with van der Waals surface area (Å²) in [6, 6.07) is -1.14. The molecule has 0 aliphatic heterocycles. The number of sulfonamides is 1. The van der Waals surface area contributed by atoms with Gasteiger partial charge in [-0.05, 0) is 5.41 Å². The van der Waals surface area contributed by atoms with E-state index in [1.54, 1.807) is 20.8 Å². The van der Waals surface area contributed by atoms with Gasteiger partial charge in [0.1, 0.15) is 6.04 Å². The second-order valence-corrected chi connectivity index (χ2v) is 6.12. The van der Waals surface area contributed by atoms with Gasteiger partial charge in [-0.3, -0.25) is 4.79 Å². The van der Waals surface area contributed by atoms with Crippen LogP contribution in [0.5, 0.6) is 0 Å². The van der Waals surface area contributed by atoms with E-state index >= 15 is 0 Å². The Balaban J connectivity index is 4.87. The van der Waals surface area contributed by atoms with Gasteiger partial charge in [0, 0.05) is 0 Å². The maximum absolute atomic E-state index is 11.3. The lowest BCUT2D eigenvalue weighted by Crippen LogP contribution is -2.49. The number of hydrogen-bond acceptors (Lipinski definition) is 3. The fourth-order valence-electron chi connectivity index (χ4n) is 0.980. The van der Waals surface area contributed by atoms with Crippen molar-refractivity contribution in [3.05, 3.63) is 12.7 Å². The monoisotopic (exact) mass is 235 g/mol. The number of hydrogen-bond donors (Lipinski definition) is 2. The van der Waals surface area contributed by atoms with Crippen LogP contribution in [0.3, 0.4) is 0 Å². The molecule has 1 atom stereocenters. The molecule has 0 amide bonds. The van der Waals surface area contributed by atoms with Crippen LogP contribution in [0.25, 0.3) is 0 Å². The molecule has 0 aromatic carbocycles. The molecule has 15 heavy (non-hydrogen) atoms. The van der Waals surface area contributed by atoms with Gasteiger partial charge in [0.05, 0.1) is 5.75 Å². The molecule has 0 unspecified atom stereocenters. The molecule has 0 heterocycles. The minimum absolute atomic E-state index is 0.285. The van der Waals surface area contributed by atoms with E-state index in [-0.39, 0.29) is 5.75 Å². The van der Waals surface area contributed by atoms with Gasteiger partial charge in [0.2, 0.25) is 10.0 Å². The number of rotatable bonds is 5. The van der Waals surface area contributed by atoms with E-state index in [0.29, 0.717) is 0 Å². The molecule has 0 aliphatic carbocycles. The summed E-state index contributed by atoms with van der Waals surface area (Å²) in [5.74, 6) is -1.47. The summed E-state index contributed by atoms with van der Waals surface area (Å²) in [7, 11) is -3.61. The zero-order valence-electron chi connectivity index (χ0n) is 9.15. The lowest BCUT2D eigenvalue weighted by Gasteiger charge is -2.27. The molecule has 0 saturated heterocycles. The molecule has 0 saturated carbocycles. The normalized spacial score (nSPS) is 14.6. The molecule has 5 nitrogen and oxygen atoms in total. The van der Waals surface area contributed by atoms with Crippen molar-refractivity contribution in [3.63, 3.8) is 0 Å². The van der Waals surface area contributed by atoms with Gasteiger partial charge < -0.3 is 5.11 Å². The molecule has 0 aromatic heterocycles. The second-order valence-electron chi connectivity index (χ2n) is 4.33. The zero-order chi connectivity index (χ0) is 12.3. The largest absolute Gasteiger partial charge is 0.480 e. The maximum atomic E-state index is 11.3. The van der Waals surface area contributed by atoms with Crippen LogP contribution in [0.15, 0.2) is 12.7 Å². The van der Waals surface area contributed by atoms with E-state index in [1.807, 2.05) is 0 Å². The van der Waals surface area contributed by atoms with Crippen LogP contribution in [0, 0.1) is 5.41 Å². The fraction of sp³-hybridized carbons (Fsp3) is 0.667. The molecule has 2 N–H and O–H groups in total. The van der Waals surface area contributed by atoms with Gasteiger partial charge >= 0.3 is 5.97 Å². The Hall–Kier alpha value is -0.880. The van der Waals surface area contributed by atoms with Gasteiger partial charge in [-0.15, -0.1) is 6.58 Å². The highest BCUT2D eigenvalue weighted by molar-refractivity contribution is 7.89. The van der Waals surface area contributed by atoms with Crippen LogP contribution in [0.2, 0.25) is 0 Å². The van der Waals surface area contributed by atoms with Crippen molar-refractivity contribution >= 4 is 16.0 Å². The molecule has 0 rings (SSSR count). The molecule has 88 valence electrons. The summed E-state index contributed by atoms with van der Waals surface area (Å²) in [5, 5.41) is 8.89. The van der Waals surface area contributed by atoms with Crippen LogP contribution in [0.1, 0.15) is 20.8 Å². The van der Waals surface area contributed by atoms with Gasteiger partial charge in [-0.25, -0.2) is 13.1 Å². The smallest absolute Gasteiger partial charge is 0.322 e. The fourth-order valence-corrected chi connectivity index (χ4v) is 2.20. The van der Waals surface area contributed by atoms with Crippen molar-refractivity contribution in [1.29, 1.82) is 0 Å². The molecule has 0 aromatic rings. The third-order valence-electron chi connectivity index (χ3n) is 1.75. The molecule has 0 aliphatic rings. The van der Waals surface area contributed by atoms with Crippen molar-refractivity contribution in [2.45, 2.75) is 26.8 Å². The first-order valence-corrected chi connectivity index (χ1v) is 6.09. The SMILES string of the molecule is C=CCS(=O)(=O)N[C@@H](C(=O)O)C(C)(C)C. The van der Waals surface area contributed by atoms with E-state index in [0.717, 1.165) is 0 Å². The Morgan fingerprint density at radius 1 is 1.53 bits per heavy atom. The lowest BCUT2D eigenvalue weighted by molar-refractivity contribution is -0.141. The average Bonchev–Trinajstić information content (AvgIpc) is 1.97. The first-order valence-electron chi connectivity index (χ1n) is 4.44. The highest BCUT2D eigenvalue weighted by Gasteiger charge is 2.34. The number of carbonyl (C=O) groups is 1. The second kappa shape index (κ2) is 4.76. The third-order valence-corrected chi connectivity index (χ3v) is 3.02. The minimum atomic E-state index is -3.61. The Morgan fingerprint density at radius 2 is 2.00 bits per heavy atom. The van der Waals surface area contributed by atoms with Gasteiger partial charge in [-0.2, -0.15) is 0 Å². The van der Waals surface area contributed by atoms with Crippen molar-refractivity contribution in [3.8, 4) is 0 Å². The number of aliphatic carboxylic acids is 1. The first-order chi connectivity index (χ1) is 6.60. The molecule has 0 spiro atoms. The highest BCUT2D eigenvalue weighted by Crippen LogP contribution is 2.20. The summed E-state index contributed by atoms with van der Waals surface area (Å²) >= 11 is 0. The topological polar surface area (TPSA) is 83.5 Å². The van der Waals surface area contributed by atoms with Crippen LogP contribution in [0.4, 0.5) is 0 Å². The zero-order valence-corrected chi connectivity index (χ0v) is 9.97. The van der Waals surface area contributed by atoms with E-state index in [9.17, 15) is 13.2 Å². The van der Waals surface area contributed by atoms with E-state index in [1.165, 1.54) is 6.08 Å². The number of carboxylic acid groups (broad SMARTS) is 1. The standard InChI is InChI=1S/C9H17NO4S/c1-5-6-15(13,14)10-7(8(11)12)9(2,3)4/h5,7,10H,1,6H2,2-4H3,(H,11,12)/t7-/m0/s1. The maximum Gasteiger partial charge on any atom is 0.322 e. The van der Waals surface area contributed by atoms with Crippen molar-refractivity contribution < 1.29 is 18.3 Å². The Bertz CT molecular complexity index is 340. The van der Waals surface area contributed by atoms with Gasteiger partial charge in [0.15, 0.2) is 0 Å². The third kappa shape index (κ3) is 4.94. The summed E-state index contributed by atoms with van der Waals surface area (Å²) in [4.78, 5) is 10.9. The Morgan fingerprint density at radius 3 is 2.27 bits per heavy atom. The molecule has 6 heteroatoms. The lowest BCUT2D eigenvalue weighted by atomic mass is 9.88. The first kappa shape index (κ1) is 14.1. The predicted molar refractivity (Wildman–Crippen MR) is 58.0 cm³/mol. The van der Waals surface area contributed by atoms with E-state index in [4.69, 9.17) is 5.11 Å². The number of carboxylic acids is 1. The van der Waals surface area contributed by atoms with Crippen LogP contribution in [-0.2, 0) is 14.8 Å². The Labute approximate surface area is 90.2 Å². The average molecular weight is 235 g/mol. The molecular weight excluding hydrogens is 218 g/mol. The predicted octanol–water partition coefficient (Wildman–Crippen LogP) is 0.591. The van der Waals surface area contributed by atoms with Crippen molar-refractivity contribution in [1.82, 2.24) is 4.72 Å². The minimum Gasteiger partial charge on any atom is -0.480 e. The summed E-state index contributed by atoms with van der Waals surface area (Å²) in [6.07, 6.45) is 1.21. The summed E-state index contributed by atoms with van der Waals surface area (Å²) < 4.78 is 24.8. The quantitative estimate of drug-likeness (QED) is 0.683. The molecular formula is C9H17NO4S. The molecule has 0 fully saturated rings. The number of nitrogens with one attached hydrogen (secondary N) is 1. The van der Waals surface area contributed by atoms with Crippen molar-refractivity contribution in [2.75, 3.05) is 5.75 Å². The molecule has 0 radical (unpaired) electrons. The summed E-state index contributed by atoms with van der Waals surface area (Å²) in [5.41, 5.74) is -0.680. The van der Waals surface area contributed by atoms with Crippen molar-refractivity contribution in [2.24, 2.45) is 5.41 Å². The van der Waals surface area contributed by atoms with Gasteiger partial charge in [-0.1, -0.05) is 26.8 Å². The van der Waals surface area contributed by atoms with Crippen LogP contribution < -0.4 is 4.72 Å². The van der Waals surface area contributed by atoms with E-state index in [2.05, 4.69) is 11.3 Å². The van der Waals surface area contributed by atoms with E-state index < -0.39 is 27.4 Å². The molecule has 0 bridgehead atoms. The van der Waals surface area contributed by atoms with Crippen LogP contribution in [-0.4, -0.2) is 31.3 Å². The highest BCUT2D eigenvalue weighted by atomic mass is 32.2.